The Balaban J connectivity index is 0.000000219. The Bertz CT molecular complexity index is 2710. The van der Waals surface area contributed by atoms with E-state index in [1.165, 1.54) is 4.90 Å². The zero-order valence-corrected chi connectivity index (χ0v) is 47.2. The maximum absolute atomic E-state index is 13.7. The molecule has 4 amide bonds. The second-order valence-electron chi connectivity index (χ2n) is 21.3. The van der Waals surface area contributed by atoms with Crippen LogP contribution >= 0.6 is 77.5 Å². The molecule has 386 valence electrons. The largest absolute Gasteiger partial charge is 0.443 e. The molecule has 4 fully saturated rings. The first-order chi connectivity index (χ1) is 33.6. The van der Waals surface area contributed by atoms with E-state index in [1.807, 2.05) is 54.6 Å². The average molecular weight is 1120 g/mol. The molecule has 72 heavy (non-hydrogen) atoms. The van der Waals surface area contributed by atoms with Gasteiger partial charge in [-0.2, -0.15) is 0 Å². The van der Waals surface area contributed by atoms with Crippen molar-refractivity contribution in [1.29, 1.82) is 0 Å². The van der Waals surface area contributed by atoms with Crippen LogP contribution in [0.25, 0.3) is 10.4 Å². The number of hydrogen-bond donors (Lipinski definition) is 1. The molecule has 0 radical (unpaired) electrons. The summed E-state index contributed by atoms with van der Waals surface area (Å²) in [5, 5.41) is 7.41. The van der Waals surface area contributed by atoms with Crippen molar-refractivity contribution < 1.29 is 28.7 Å². The smallest absolute Gasteiger partial charge is 0.417 e. The molecular weight excluding hydrogens is 1060 g/mol. The molecule has 0 bridgehead atoms. The molecule has 4 aromatic rings. The van der Waals surface area contributed by atoms with E-state index in [9.17, 15) is 24.7 Å². The summed E-state index contributed by atoms with van der Waals surface area (Å²) in [4.78, 5) is 58.2. The molecule has 0 aromatic heterocycles. The molecule has 4 aromatic carbocycles. The average Bonchev–Trinajstić information content (AvgIpc) is 3.72. The first-order valence-corrected chi connectivity index (χ1v) is 28.5. The molecule has 2 aliphatic heterocycles. The number of imide groups is 2. The molecule has 2 N–H and O–H groups in total. The van der Waals surface area contributed by atoms with Crippen LogP contribution in [-0.4, -0.2) is 89.2 Å². The lowest BCUT2D eigenvalue weighted by molar-refractivity contribution is -0.133. The van der Waals surface area contributed by atoms with Crippen LogP contribution in [0.5, 0.6) is 0 Å². The Morgan fingerprint density at radius 2 is 1.01 bits per heavy atom. The van der Waals surface area contributed by atoms with Gasteiger partial charge in [0.25, 0.3) is 5.91 Å². The third-order valence-electron chi connectivity index (χ3n) is 13.4. The van der Waals surface area contributed by atoms with Crippen molar-refractivity contribution in [2.75, 3.05) is 33.1 Å². The molecule has 2 saturated carbocycles. The van der Waals surface area contributed by atoms with Crippen LogP contribution in [-0.2, 0) is 19.1 Å². The predicted molar refractivity (Wildman–Crippen MR) is 292 cm³/mol. The second kappa shape index (κ2) is 23.0. The number of halogens is 6. The molecule has 0 spiro atoms. The monoisotopic (exact) mass is 1120 g/mol. The molecule has 0 unspecified atom stereocenters. The van der Waals surface area contributed by atoms with Gasteiger partial charge in [-0.15, -0.1) is 7.92 Å². The highest BCUT2D eigenvalue weighted by molar-refractivity contribution is 7.55. The van der Waals surface area contributed by atoms with E-state index in [0.29, 0.717) is 57.3 Å². The summed E-state index contributed by atoms with van der Waals surface area (Å²) in [6.45, 7) is 17.4. The van der Waals surface area contributed by atoms with E-state index in [2.05, 4.69) is 30.0 Å². The zero-order valence-electron chi connectivity index (χ0n) is 41.8. The van der Waals surface area contributed by atoms with Crippen molar-refractivity contribution in [1.82, 2.24) is 9.80 Å². The van der Waals surface area contributed by atoms with Crippen LogP contribution in [0, 0.1) is 11.8 Å². The summed E-state index contributed by atoms with van der Waals surface area (Å²) < 4.78 is 11.0. The zero-order chi connectivity index (χ0) is 53.2. The summed E-state index contributed by atoms with van der Waals surface area (Å²) in [5.41, 5.74) is 15.9. The number of carbonyl (C=O) groups excluding carboxylic acids is 4. The Labute approximate surface area is 453 Å². The van der Waals surface area contributed by atoms with Gasteiger partial charge in [0.05, 0.1) is 0 Å². The van der Waals surface area contributed by atoms with Gasteiger partial charge in [-0.3, -0.25) is 9.59 Å². The van der Waals surface area contributed by atoms with Crippen LogP contribution in [0.2, 0.25) is 30.1 Å². The predicted octanol–water partition coefficient (Wildman–Crippen LogP) is 15.5. The highest BCUT2D eigenvalue weighted by atomic mass is 35.5. The lowest BCUT2D eigenvalue weighted by atomic mass is 9.60. The number of ether oxygens (including phenoxy) is 2. The Kier molecular flexibility index (Phi) is 18.3. The minimum atomic E-state index is -1.41. The number of benzene rings is 4. The van der Waals surface area contributed by atoms with Gasteiger partial charge in [-0.05, 0) is 187 Å². The quantitative estimate of drug-likeness (QED) is 0.0898. The fourth-order valence-electron chi connectivity index (χ4n) is 10.6. The van der Waals surface area contributed by atoms with Gasteiger partial charge in [0.1, 0.15) is 22.3 Å². The highest BCUT2D eigenvalue weighted by Gasteiger charge is 2.63. The van der Waals surface area contributed by atoms with Crippen LogP contribution in [0.3, 0.4) is 0 Å². The Morgan fingerprint density at radius 3 is 1.42 bits per heavy atom. The van der Waals surface area contributed by atoms with E-state index in [-0.39, 0.29) is 55.0 Å². The van der Waals surface area contributed by atoms with Gasteiger partial charge in [0.2, 0.25) is 5.91 Å². The first-order valence-electron chi connectivity index (χ1n) is 23.6. The van der Waals surface area contributed by atoms with Gasteiger partial charge >= 0.3 is 12.2 Å². The minimum Gasteiger partial charge on any atom is -0.443 e. The third kappa shape index (κ3) is 12.8. The fourth-order valence-corrected chi connectivity index (χ4v) is 11.9. The van der Waals surface area contributed by atoms with E-state index in [1.54, 1.807) is 71.9 Å². The standard InChI is InChI=1S/C25H25Cl3N4O3.C25H27Cl3N2O3.C3H9P/c1-24(2,3)35-23(34)32-13-19-21(14-4-6-15(26)7-5-14)18(17-9-8-16(27)12-20(17)28)10-11-25(19,22(32)33)30-31-29;1-24(2,3)33-23(32)30-13-19-21(14-4-6-15(26)7-5-14)18(10-11-25(19,29)22(30)31)17-9-8-16(27)12-20(17)28;1-4(2)3/h4-9,12,18-19,21H,10-11,13H2,1-3H3;4-9,12,18-19,21H,10-11,13,29H2,1-3H3;1-3H3/t2*18-,19-,21-,25-;/m00./s1. The molecule has 8 atom stereocenters. The molecular formula is C53H61Cl6N6O6P. The van der Waals surface area contributed by atoms with Gasteiger partial charge in [0.15, 0.2) is 0 Å². The molecule has 2 saturated heterocycles. The number of likely N-dealkylation sites (tertiary alicyclic amines) is 2. The van der Waals surface area contributed by atoms with Crippen LogP contribution in [0.15, 0.2) is 90.0 Å². The molecule has 8 rings (SSSR count). The van der Waals surface area contributed by atoms with Gasteiger partial charge in [-0.25, -0.2) is 19.4 Å². The Hall–Kier alpha value is -3.80. The third-order valence-corrected chi connectivity index (χ3v) is 15.0. The molecule has 12 nitrogen and oxygen atoms in total. The molecule has 2 heterocycles. The first kappa shape index (κ1) is 57.5. The van der Waals surface area contributed by atoms with E-state index in [4.69, 9.17) is 84.8 Å². The fraction of sp³-hybridized carbons (Fsp3) is 0.472. The van der Waals surface area contributed by atoms with Crippen LogP contribution in [0.4, 0.5) is 9.59 Å². The number of carbonyl (C=O) groups is 4. The van der Waals surface area contributed by atoms with Gasteiger partial charge in [0, 0.05) is 60.0 Å². The number of nitrogens with two attached hydrogens (primary N) is 1. The van der Waals surface area contributed by atoms with Crippen LogP contribution in [0.1, 0.15) is 113 Å². The van der Waals surface area contributed by atoms with E-state index < -0.39 is 46.3 Å². The van der Waals surface area contributed by atoms with Crippen molar-refractivity contribution in [2.45, 2.75) is 113 Å². The Morgan fingerprint density at radius 1 is 0.639 bits per heavy atom. The minimum absolute atomic E-state index is 0.0102. The number of nitrogens with zero attached hydrogens (tertiary/aromatic N) is 5. The maximum atomic E-state index is 13.7. The summed E-state index contributed by atoms with van der Waals surface area (Å²) in [5.74, 6) is -2.30. The summed E-state index contributed by atoms with van der Waals surface area (Å²) in [7, 11) is 0.380. The normalized spacial score (nSPS) is 25.8. The second-order valence-corrected chi connectivity index (χ2v) is 26.5. The topological polar surface area (TPSA) is 168 Å². The van der Waals surface area contributed by atoms with Crippen molar-refractivity contribution in [2.24, 2.45) is 22.7 Å². The van der Waals surface area contributed by atoms with Crippen molar-refractivity contribution >= 4 is 102 Å². The van der Waals surface area contributed by atoms with Crippen LogP contribution < -0.4 is 5.73 Å². The molecule has 4 aliphatic rings. The summed E-state index contributed by atoms with van der Waals surface area (Å²) >= 11 is 37.8. The lowest BCUT2D eigenvalue weighted by Gasteiger charge is -2.44. The number of fused-ring (bicyclic) bond motifs is 2. The molecule has 2 aliphatic carbocycles. The lowest BCUT2D eigenvalue weighted by Crippen LogP contribution is -2.56. The van der Waals surface area contributed by atoms with Gasteiger partial charge < -0.3 is 15.2 Å². The number of hydrogen-bond acceptors (Lipinski definition) is 8. The van der Waals surface area contributed by atoms with Crippen molar-refractivity contribution in [3.8, 4) is 0 Å². The SMILES string of the molecule is CC(C)(C)OC(=O)N1C[C@H]2[C@@H](c3ccc(Cl)cc3)[C@H](c3ccc(Cl)cc3Cl)CC[C@@]2(N)C1=O.CC(C)(C)OC(=O)N1C[C@H]2[C@@H](c3ccc(Cl)cc3)[C@H](c3ccc(Cl)cc3Cl)CC[C@@]2(N=[N+]=[N-])C1=O.CP(C)C. The van der Waals surface area contributed by atoms with Crippen molar-refractivity contribution in [3.63, 3.8) is 0 Å². The summed E-state index contributed by atoms with van der Waals surface area (Å²) in [6, 6.07) is 25.8. The number of azide groups is 1. The van der Waals surface area contributed by atoms with E-state index >= 15 is 0 Å². The van der Waals surface area contributed by atoms with Crippen molar-refractivity contribution in [3.05, 3.63) is 148 Å². The highest BCUT2D eigenvalue weighted by Crippen LogP contribution is 2.58. The van der Waals surface area contributed by atoms with Gasteiger partial charge in [-0.1, -0.05) is 111 Å². The van der Waals surface area contributed by atoms with E-state index in [0.717, 1.165) is 27.2 Å². The summed E-state index contributed by atoms with van der Waals surface area (Å²) in [6.07, 6.45) is 0.438. The maximum Gasteiger partial charge on any atom is 0.417 e. The molecule has 19 heteroatoms. The number of rotatable bonds is 5. The number of amides is 4.